The van der Waals surface area contributed by atoms with Crippen LogP contribution in [0, 0.1) is 0 Å². The van der Waals surface area contributed by atoms with Gasteiger partial charge >= 0.3 is 0 Å². The summed E-state index contributed by atoms with van der Waals surface area (Å²) in [6.07, 6.45) is 0. The van der Waals surface area contributed by atoms with Gasteiger partial charge in [0.25, 0.3) is 0 Å². The summed E-state index contributed by atoms with van der Waals surface area (Å²) < 4.78 is 2.46. The number of fused-ring (bicyclic) bond motifs is 5. The molecule has 0 unspecified atom stereocenters. The van der Waals surface area contributed by atoms with E-state index in [9.17, 15) is 0 Å². The summed E-state index contributed by atoms with van der Waals surface area (Å²) in [5.74, 6) is 0. The number of anilines is 3. The maximum absolute atomic E-state index is 2.46. The monoisotopic (exact) mass is 612 g/mol. The molecule has 0 radical (unpaired) electrons. The summed E-state index contributed by atoms with van der Waals surface area (Å²) in [6.45, 7) is 0. The van der Waals surface area contributed by atoms with E-state index in [2.05, 4.69) is 203 Å². The van der Waals surface area contributed by atoms with Crippen LogP contribution in [0.5, 0.6) is 0 Å². The molecule has 0 N–H and O–H groups in total. The van der Waals surface area contributed by atoms with Crippen molar-refractivity contribution in [1.82, 2.24) is 4.40 Å². The maximum Gasteiger partial charge on any atom is 0.0619 e. The zero-order chi connectivity index (χ0) is 31.9. The van der Waals surface area contributed by atoms with Crippen LogP contribution in [0.3, 0.4) is 0 Å². The van der Waals surface area contributed by atoms with Crippen LogP contribution in [0.4, 0.5) is 17.1 Å². The van der Waals surface area contributed by atoms with Crippen LogP contribution in [-0.4, -0.2) is 4.40 Å². The topological polar surface area (TPSA) is 7.65 Å². The summed E-state index contributed by atoms with van der Waals surface area (Å²) >= 11 is 0. The quantitative estimate of drug-likeness (QED) is 0.181. The van der Waals surface area contributed by atoms with Gasteiger partial charge in [0.15, 0.2) is 0 Å². The number of hydrogen-bond donors (Lipinski definition) is 0. The van der Waals surface area contributed by atoms with Crippen LogP contribution in [0.1, 0.15) is 0 Å². The van der Waals surface area contributed by atoms with Gasteiger partial charge in [-0.15, -0.1) is 0 Å². The van der Waals surface area contributed by atoms with Crippen LogP contribution in [-0.2, 0) is 0 Å². The number of para-hydroxylation sites is 4. The van der Waals surface area contributed by atoms with Crippen molar-refractivity contribution in [3.63, 3.8) is 0 Å². The van der Waals surface area contributed by atoms with Gasteiger partial charge in [-0.2, -0.15) is 0 Å². The molecule has 7 aromatic carbocycles. The van der Waals surface area contributed by atoms with Crippen LogP contribution in [0.2, 0.25) is 0 Å². The van der Waals surface area contributed by atoms with Gasteiger partial charge in [0.2, 0.25) is 0 Å². The van der Waals surface area contributed by atoms with E-state index in [-0.39, 0.29) is 0 Å². The van der Waals surface area contributed by atoms with E-state index in [0.717, 1.165) is 17.1 Å². The lowest BCUT2D eigenvalue weighted by Crippen LogP contribution is -2.09. The second-order valence-electron chi connectivity index (χ2n) is 12.2. The lowest BCUT2D eigenvalue weighted by molar-refractivity contribution is 1.28. The van der Waals surface area contributed by atoms with E-state index in [1.165, 1.54) is 60.7 Å². The van der Waals surface area contributed by atoms with Gasteiger partial charge < -0.3 is 9.30 Å². The van der Waals surface area contributed by atoms with Crippen LogP contribution >= 0.6 is 0 Å². The standard InChI is InChI=1S/C46H32N2/c1-4-14-37(15-5-1)45-42-21-12-20-41(46(42)48-43-22-11-10-13-36(43)29-32-44(45)48)35-25-23-33(24-26-35)34-27-30-40(31-28-34)47(38-16-6-2-7-17-38)39-18-8-3-9-19-39/h1-32H. The fraction of sp³-hybridized carbons (Fsp3) is 0. The smallest absolute Gasteiger partial charge is 0.0619 e. The largest absolute Gasteiger partial charge is 0.311 e. The molecule has 0 aliphatic carbocycles. The number of nitrogens with zero attached hydrogens (tertiary/aromatic N) is 2. The van der Waals surface area contributed by atoms with E-state index in [0.29, 0.717) is 0 Å². The number of aromatic nitrogens is 1. The SMILES string of the molecule is c1ccc(-c2c3cccc(-c4ccc(-c5ccc(N(c6ccccc6)c6ccccc6)cc5)cc4)c3n3c2ccc2ccccc23)cc1. The highest BCUT2D eigenvalue weighted by molar-refractivity contribution is 6.12. The van der Waals surface area contributed by atoms with Crippen molar-refractivity contribution in [2.75, 3.05) is 4.90 Å². The Morgan fingerprint density at radius 2 is 0.875 bits per heavy atom. The average molecular weight is 613 g/mol. The molecule has 2 nitrogen and oxygen atoms in total. The Kier molecular flexibility index (Phi) is 6.84. The van der Waals surface area contributed by atoms with Gasteiger partial charge in [-0.3, -0.25) is 0 Å². The van der Waals surface area contributed by atoms with E-state index in [4.69, 9.17) is 0 Å². The molecule has 226 valence electrons. The number of rotatable bonds is 6. The van der Waals surface area contributed by atoms with Gasteiger partial charge in [-0.05, 0) is 76.2 Å². The fourth-order valence-corrected chi connectivity index (χ4v) is 7.15. The second-order valence-corrected chi connectivity index (χ2v) is 12.2. The molecule has 0 fully saturated rings. The molecule has 0 spiro atoms. The van der Waals surface area contributed by atoms with E-state index >= 15 is 0 Å². The van der Waals surface area contributed by atoms with Gasteiger partial charge in [0.05, 0.1) is 16.6 Å². The van der Waals surface area contributed by atoms with Crippen LogP contribution in [0.15, 0.2) is 194 Å². The fourth-order valence-electron chi connectivity index (χ4n) is 7.15. The van der Waals surface area contributed by atoms with Crippen molar-refractivity contribution in [3.8, 4) is 33.4 Å². The van der Waals surface area contributed by atoms with E-state index in [1.54, 1.807) is 0 Å². The first-order valence-corrected chi connectivity index (χ1v) is 16.4. The van der Waals surface area contributed by atoms with Crippen molar-refractivity contribution in [3.05, 3.63) is 194 Å². The Bertz CT molecular complexity index is 2470. The summed E-state index contributed by atoms with van der Waals surface area (Å²) in [6, 6.07) is 69.7. The highest BCUT2D eigenvalue weighted by Gasteiger charge is 2.19. The van der Waals surface area contributed by atoms with Crippen molar-refractivity contribution in [2.24, 2.45) is 0 Å². The Morgan fingerprint density at radius 3 is 1.54 bits per heavy atom. The Labute approximate surface area is 280 Å². The lowest BCUT2D eigenvalue weighted by Gasteiger charge is -2.25. The third-order valence-electron chi connectivity index (χ3n) is 9.37. The molecule has 2 heteroatoms. The van der Waals surface area contributed by atoms with Gasteiger partial charge in [0, 0.05) is 33.6 Å². The molecule has 0 saturated heterocycles. The molecule has 48 heavy (non-hydrogen) atoms. The zero-order valence-corrected chi connectivity index (χ0v) is 26.4. The van der Waals surface area contributed by atoms with Gasteiger partial charge in [-0.25, -0.2) is 0 Å². The van der Waals surface area contributed by atoms with Gasteiger partial charge in [0.1, 0.15) is 0 Å². The molecule has 2 aromatic heterocycles. The van der Waals surface area contributed by atoms with E-state index < -0.39 is 0 Å². The van der Waals surface area contributed by atoms with Crippen LogP contribution < -0.4 is 4.90 Å². The molecule has 0 atom stereocenters. The molecule has 9 rings (SSSR count). The van der Waals surface area contributed by atoms with Gasteiger partial charge in [-0.1, -0.05) is 146 Å². The molecular weight excluding hydrogens is 581 g/mol. The predicted octanol–water partition coefficient (Wildman–Crippen LogP) is 12.7. The van der Waals surface area contributed by atoms with Crippen molar-refractivity contribution < 1.29 is 0 Å². The van der Waals surface area contributed by atoms with Crippen molar-refractivity contribution >= 4 is 44.4 Å². The van der Waals surface area contributed by atoms with Crippen molar-refractivity contribution in [1.29, 1.82) is 0 Å². The first-order chi connectivity index (χ1) is 23.8. The predicted molar refractivity (Wildman–Crippen MR) is 203 cm³/mol. The summed E-state index contributed by atoms with van der Waals surface area (Å²) in [5.41, 5.74) is 14.4. The highest BCUT2D eigenvalue weighted by atomic mass is 15.1. The maximum atomic E-state index is 2.46. The minimum absolute atomic E-state index is 1.13. The highest BCUT2D eigenvalue weighted by Crippen LogP contribution is 2.42. The Hall–Kier alpha value is -6.38. The third kappa shape index (κ3) is 4.74. The minimum atomic E-state index is 1.13. The number of pyridine rings is 1. The molecular formula is C46H32N2. The Morgan fingerprint density at radius 1 is 0.333 bits per heavy atom. The third-order valence-corrected chi connectivity index (χ3v) is 9.37. The summed E-state index contributed by atoms with van der Waals surface area (Å²) in [4.78, 5) is 2.29. The number of benzene rings is 7. The molecule has 0 aliphatic heterocycles. The molecule has 2 heterocycles. The van der Waals surface area contributed by atoms with E-state index in [1.807, 2.05) is 0 Å². The summed E-state index contributed by atoms with van der Waals surface area (Å²) in [7, 11) is 0. The zero-order valence-electron chi connectivity index (χ0n) is 26.4. The normalized spacial score (nSPS) is 11.3. The second kappa shape index (κ2) is 11.8. The summed E-state index contributed by atoms with van der Waals surface area (Å²) in [5, 5.41) is 2.49. The first kappa shape index (κ1) is 27.9. The molecule has 0 aliphatic rings. The van der Waals surface area contributed by atoms with Crippen molar-refractivity contribution in [2.45, 2.75) is 0 Å². The van der Waals surface area contributed by atoms with Crippen LogP contribution in [0.25, 0.3) is 60.7 Å². The average Bonchev–Trinajstić information content (AvgIpc) is 3.52. The minimum Gasteiger partial charge on any atom is -0.311 e. The molecule has 9 aromatic rings. The molecule has 0 saturated carbocycles. The molecule has 0 bridgehead atoms. The Balaban J connectivity index is 1.13. The lowest BCUT2D eigenvalue weighted by atomic mass is 9.97. The first-order valence-electron chi connectivity index (χ1n) is 16.4. The number of hydrogen-bond acceptors (Lipinski definition) is 1. The molecule has 0 amide bonds.